The number of carbonyl (C=O) groups is 2. The monoisotopic (exact) mass is 297 g/mol. The molecule has 0 saturated heterocycles. The summed E-state index contributed by atoms with van der Waals surface area (Å²) in [6, 6.07) is 15.1. The van der Waals surface area contributed by atoms with Gasteiger partial charge in [-0.15, -0.1) is 0 Å². The summed E-state index contributed by atoms with van der Waals surface area (Å²) >= 11 is 0. The van der Waals surface area contributed by atoms with Gasteiger partial charge in [0.05, 0.1) is 0 Å². The van der Waals surface area contributed by atoms with E-state index in [0.717, 1.165) is 0 Å². The van der Waals surface area contributed by atoms with Crippen LogP contribution in [0.25, 0.3) is 0 Å². The van der Waals surface area contributed by atoms with Crippen molar-refractivity contribution >= 4 is 11.9 Å². The van der Waals surface area contributed by atoms with E-state index in [4.69, 9.17) is 9.57 Å². The van der Waals surface area contributed by atoms with Gasteiger partial charge in [0.1, 0.15) is 11.3 Å². The predicted octanol–water partition coefficient (Wildman–Crippen LogP) is 2.89. The molecule has 0 bridgehead atoms. The fourth-order valence-electron chi connectivity index (χ4n) is 1.56. The van der Waals surface area contributed by atoms with Crippen LogP contribution in [0, 0.1) is 0 Å². The molecular formula is C17H15NO4. The van der Waals surface area contributed by atoms with Crippen LogP contribution in [0.2, 0.25) is 0 Å². The second kappa shape index (κ2) is 7.08. The van der Waals surface area contributed by atoms with Crippen molar-refractivity contribution < 1.29 is 19.2 Å². The van der Waals surface area contributed by atoms with Gasteiger partial charge in [-0.1, -0.05) is 36.9 Å². The quantitative estimate of drug-likeness (QED) is 0.399. The Morgan fingerprint density at radius 3 is 2.32 bits per heavy atom. The molecule has 0 spiro atoms. The molecule has 0 aromatic heterocycles. The van der Waals surface area contributed by atoms with Crippen LogP contribution in [0.5, 0.6) is 11.5 Å². The van der Waals surface area contributed by atoms with Crippen LogP contribution < -0.4 is 15.1 Å². The largest absolute Gasteiger partial charge is 0.423 e. The third-order valence-corrected chi connectivity index (χ3v) is 2.70. The first-order chi connectivity index (χ1) is 10.6. The summed E-state index contributed by atoms with van der Waals surface area (Å²) in [5.41, 5.74) is 2.71. The van der Waals surface area contributed by atoms with Gasteiger partial charge in [0, 0.05) is 5.57 Å². The minimum atomic E-state index is -0.577. The molecule has 0 radical (unpaired) electrons. The van der Waals surface area contributed by atoms with E-state index in [-0.39, 0.29) is 11.3 Å². The maximum absolute atomic E-state index is 12.2. The van der Waals surface area contributed by atoms with Crippen molar-refractivity contribution in [2.24, 2.45) is 0 Å². The first kappa shape index (κ1) is 15.3. The van der Waals surface area contributed by atoms with Gasteiger partial charge in [-0.2, -0.15) is 5.48 Å². The number of ether oxygens (including phenoxy) is 1. The summed E-state index contributed by atoms with van der Waals surface area (Å²) in [6.07, 6.45) is 0. The Morgan fingerprint density at radius 2 is 1.64 bits per heavy atom. The van der Waals surface area contributed by atoms with Crippen LogP contribution in [0.1, 0.15) is 17.3 Å². The molecule has 2 aromatic rings. The van der Waals surface area contributed by atoms with Crippen molar-refractivity contribution in [1.29, 1.82) is 0 Å². The smallest absolute Gasteiger partial charge is 0.347 e. The maximum atomic E-state index is 12.2. The summed E-state index contributed by atoms with van der Waals surface area (Å²) in [5, 5.41) is 0. The van der Waals surface area contributed by atoms with Crippen molar-refractivity contribution in [3.63, 3.8) is 0 Å². The summed E-state index contributed by atoms with van der Waals surface area (Å²) in [4.78, 5) is 28.8. The van der Waals surface area contributed by atoms with E-state index in [1.165, 1.54) is 0 Å². The first-order valence-corrected chi connectivity index (χ1v) is 6.57. The van der Waals surface area contributed by atoms with Crippen LogP contribution in [0.4, 0.5) is 0 Å². The molecule has 2 rings (SSSR count). The Kier molecular flexibility index (Phi) is 4.93. The Balaban J connectivity index is 2.12. The molecule has 112 valence electrons. The van der Waals surface area contributed by atoms with Gasteiger partial charge in [0.2, 0.25) is 0 Å². The number of amides is 1. The van der Waals surface area contributed by atoms with Crippen molar-refractivity contribution in [2.45, 2.75) is 6.92 Å². The fraction of sp³-hybridized carbons (Fsp3) is 0.0588. The molecule has 22 heavy (non-hydrogen) atoms. The van der Waals surface area contributed by atoms with Gasteiger partial charge >= 0.3 is 5.97 Å². The molecule has 0 heterocycles. The second-order valence-corrected chi connectivity index (χ2v) is 4.51. The van der Waals surface area contributed by atoms with E-state index in [9.17, 15) is 9.59 Å². The number of hydroxylamine groups is 1. The van der Waals surface area contributed by atoms with Gasteiger partial charge in [-0.05, 0) is 31.2 Å². The van der Waals surface area contributed by atoms with Gasteiger partial charge in [-0.3, -0.25) is 4.79 Å². The van der Waals surface area contributed by atoms with E-state index >= 15 is 0 Å². The number of hydrogen-bond acceptors (Lipinski definition) is 4. The molecule has 0 aliphatic rings. The Bertz CT molecular complexity index is 695. The molecule has 1 N–H and O–H groups in total. The minimum Gasteiger partial charge on any atom is -0.423 e. The summed E-state index contributed by atoms with van der Waals surface area (Å²) in [5.74, 6) is -0.427. The molecule has 0 saturated carbocycles. The van der Waals surface area contributed by atoms with E-state index in [1.54, 1.807) is 55.5 Å². The van der Waals surface area contributed by atoms with Crippen LogP contribution >= 0.6 is 0 Å². The molecule has 0 aliphatic carbocycles. The van der Waals surface area contributed by atoms with Crippen molar-refractivity contribution in [3.05, 3.63) is 72.3 Å². The van der Waals surface area contributed by atoms with Crippen molar-refractivity contribution in [2.75, 3.05) is 0 Å². The zero-order valence-electron chi connectivity index (χ0n) is 12.0. The van der Waals surface area contributed by atoms with E-state index in [0.29, 0.717) is 11.3 Å². The molecule has 5 heteroatoms. The van der Waals surface area contributed by atoms with E-state index in [2.05, 4.69) is 12.1 Å². The first-order valence-electron chi connectivity index (χ1n) is 6.57. The maximum Gasteiger partial charge on any atom is 0.347 e. The van der Waals surface area contributed by atoms with Crippen LogP contribution in [-0.2, 0) is 4.79 Å². The normalized spacial score (nSPS) is 9.68. The van der Waals surface area contributed by atoms with Gasteiger partial charge in [-0.25, -0.2) is 4.79 Å². The topological polar surface area (TPSA) is 64.6 Å². The molecule has 0 atom stereocenters. The highest BCUT2D eigenvalue weighted by molar-refractivity contribution is 5.94. The van der Waals surface area contributed by atoms with Crippen molar-refractivity contribution in [1.82, 2.24) is 5.48 Å². The summed E-state index contributed by atoms with van der Waals surface area (Å²) in [7, 11) is 0. The lowest BCUT2D eigenvalue weighted by Crippen LogP contribution is -2.28. The number of carbonyl (C=O) groups excluding carboxylic acids is 2. The molecule has 0 unspecified atom stereocenters. The highest BCUT2D eigenvalue weighted by Crippen LogP contribution is 2.20. The standard InChI is InChI=1S/C17H15NO4/c1-12(2)16(19)18-22-15-11-7-6-10-14(15)17(20)21-13-8-4-3-5-9-13/h3-11H,1H2,2H3,(H,18,19). The molecule has 2 aromatic carbocycles. The minimum absolute atomic E-state index is 0.193. The summed E-state index contributed by atoms with van der Waals surface area (Å²) < 4.78 is 5.25. The van der Waals surface area contributed by atoms with Gasteiger partial charge < -0.3 is 9.57 Å². The third-order valence-electron chi connectivity index (χ3n) is 2.70. The predicted molar refractivity (Wildman–Crippen MR) is 81.4 cm³/mol. The summed E-state index contributed by atoms with van der Waals surface area (Å²) in [6.45, 7) is 5.05. The second-order valence-electron chi connectivity index (χ2n) is 4.51. The van der Waals surface area contributed by atoms with Crippen molar-refractivity contribution in [3.8, 4) is 11.5 Å². The highest BCUT2D eigenvalue weighted by Gasteiger charge is 2.15. The average Bonchev–Trinajstić information content (AvgIpc) is 2.53. The average molecular weight is 297 g/mol. The van der Waals surface area contributed by atoms with Gasteiger partial charge in [0.15, 0.2) is 5.75 Å². The number of rotatable bonds is 5. The number of para-hydroxylation sites is 2. The van der Waals surface area contributed by atoms with Gasteiger partial charge in [0.25, 0.3) is 5.91 Å². The third kappa shape index (κ3) is 3.96. The van der Waals surface area contributed by atoms with E-state index < -0.39 is 11.9 Å². The molecule has 1 amide bonds. The molecule has 0 aliphatic heterocycles. The van der Waals surface area contributed by atoms with E-state index in [1.807, 2.05) is 6.07 Å². The van der Waals surface area contributed by atoms with Crippen LogP contribution in [0.15, 0.2) is 66.7 Å². The SMILES string of the molecule is C=C(C)C(=O)NOc1ccccc1C(=O)Oc1ccccc1. The van der Waals surface area contributed by atoms with Crippen LogP contribution in [-0.4, -0.2) is 11.9 Å². The number of nitrogens with one attached hydrogen (secondary N) is 1. The fourth-order valence-corrected chi connectivity index (χ4v) is 1.56. The Labute approximate surface area is 128 Å². The zero-order chi connectivity index (χ0) is 15.9. The molecular weight excluding hydrogens is 282 g/mol. The zero-order valence-corrected chi connectivity index (χ0v) is 12.0. The Hall–Kier alpha value is -3.08. The number of benzene rings is 2. The Morgan fingerprint density at radius 1 is 1.00 bits per heavy atom. The highest BCUT2D eigenvalue weighted by atomic mass is 16.7. The lowest BCUT2D eigenvalue weighted by atomic mass is 10.2. The lowest BCUT2D eigenvalue weighted by molar-refractivity contribution is -0.123. The van der Waals surface area contributed by atoms with Crippen LogP contribution in [0.3, 0.4) is 0 Å². The number of esters is 1. The molecule has 0 fully saturated rings. The number of hydrogen-bond donors (Lipinski definition) is 1. The lowest BCUT2D eigenvalue weighted by Gasteiger charge is -2.11. The molecule has 5 nitrogen and oxygen atoms in total.